The molecule has 1 saturated heterocycles. The third-order valence-corrected chi connectivity index (χ3v) is 3.65. The van der Waals surface area contributed by atoms with E-state index in [4.69, 9.17) is 5.11 Å². The number of hydrogen-bond donors (Lipinski definition) is 2. The highest BCUT2D eigenvalue weighted by molar-refractivity contribution is 6.39. The molecule has 2 amide bonds. The lowest BCUT2D eigenvalue weighted by Gasteiger charge is -2.31. The number of benzene rings is 1. The first-order chi connectivity index (χ1) is 9.61. The number of piperidine rings is 1. The summed E-state index contributed by atoms with van der Waals surface area (Å²) in [5.41, 5.74) is 1.57. The molecule has 5 nitrogen and oxygen atoms in total. The van der Waals surface area contributed by atoms with Gasteiger partial charge in [0.2, 0.25) is 0 Å². The van der Waals surface area contributed by atoms with Gasteiger partial charge in [-0.2, -0.15) is 0 Å². The van der Waals surface area contributed by atoms with Crippen LogP contribution < -0.4 is 5.32 Å². The number of aliphatic hydroxyl groups excluding tert-OH is 1. The van der Waals surface area contributed by atoms with E-state index < -0.39 is 11.8 Å². The lowest BCUT2D eigenvalue weighted by Crippen LogP contribution is -2.45. The number of hydrogen-bond acceptors (Lipinski definition) is 3. The second-order valence-electron chi connectivity index (χ2n) is 5.21. The quantitative estimate of drug-likeness (QED) is 0.797. The Labute approximate surface area is 118 Å². The third kappa shape index (κ3) is 3.36. The van der Waals surface area contributed by atoms with Crippen LogP contribution in [0, 0.1) is 12.8 Å². The number of aliphatic hydroxyl groups is 1. The highest BCUT2D eigenvalue weighted by Gasteiger charge is 2.27. The molecule has 0 aliphatic carbocycles. The smallest absolute Gasteiger partial charge is 0.313 e. The van der Waals surface area contributed by atoms with Gasteiger partial charge in [-0.05, 0) is 37.3 Å². The maximum absolute atomic E-state index is 12.1. The van der Waals surface area contributed by atoms with Crippen molar-refractivity contribution in [3.8, 4) is 0 Å². The molecule has 20 heavy (non-hydrogen) atoms. The highest BCUT2D eigenvalue weighted by Crippen LogP contribution is 2.17. The Hall–Kier alpha value is -1.88. The van der Waals surface area contributed by atoms with Gasteiger partial charge in [0.05, 0.1) is 0 Å². The number of likely N-dealkylation sites (tertiary alicyclic amines) is 1. The van der Waals surface area contributed by atoms with Gasteiger partial charge in [0.25, 0.3) is 0 Å². The van der Waals surface area contributed by atoms with E-state index >= 15 is 0 Å². The van der Waals surface area contributed by atoms with Crippen LogP contribution in [0.5, 0.6) is 0 Å². The molecule has 1 aromatic carbocycles. The van der Waals surface area contributed by atoms with E-state index in [1.807, 2.05) is 25.1 Å². The molecule has 2 N–H and O–H groups in total. The summed E-state index contributed by atoms with van der Waals surface area (Å²) >= 11 is 0. The minimum Gasteiger partial charge on any atom is -0.396 e. The zero-order valence-electron chi connectivity index (χ0n) is 11.6. The fraction of sp³-hybridized carbons (Fsp3) is 0.467. The van der Waals surface area contributed by atoms with Crippen molar-refractivity contribution in [2.75, 3.05) is 25.0 Å². The topological polar surface area (TPSA) is 69.6 Å². The van der Waals surface area contributed by atoms with Crippen LogP contribution in [0.15, 0.2) is 24.3 Å². The number of amides is 2. The van der Waals surface area contributed by atoms with Gasteiger partial charge < -0.3 is 15.3 Å². The second-order valence-corrected chi connectivity index (χ2v) is 5.21. The van der Waals surface area contributed by atoms with E-state index in [2.05, 4.69) is 5.32 Å². The van der Waals surface area contributed by atoms with Crippen molar-refractivity contribution in [2.24, 2.45) is 5.92 Å². The number of nitrogens with zero attached hydrogens (tertiary/aromatic N) is 1. The lowest BCUT2D eigenvalue weighted by atomic mass is 9.99. The molecule has 1 unspecified atom stereocenters. The molecule has 0 bridgehead atoms. The second kappa shape index (κ2) is 6.52. The Morgan fingerprint density at radius 3 is 2.85 bits per heavy atom. The van der Waals surface area contributed by atoms with Gasteiger partial charge in [-0.25, -0.2) is 0 Å². The Morgan fingerprint density at radius 1 is 1.40 bits per heavy atom. The molecule has 0 saturated carbocycles. The Kier molecular flexibility index (Phi) is 4.74. The summed E-state index contributed by atoms with van der Waals surface area (Å²) in [7, 11) is 0. The molecule has 0 radical (unpaired) electrons. The van der Waals surface area contributed by atoms with Crippen molar-refractivity contribution < 1.29 is 14.7 Å². The van der Waals surface area contributed by atoms with Crippen LogP contribution in [0.3, 0.4) is 0 Å². The van der Waals surface area contributed by atoms with E-state index in [9.17, 15) is 9.59 Å². The van der Waals surface area contributed by atoms with E-state index in [1.165, 1.54) is 4.90 Å². The van der Waals surface area contributed by atoms with Gasteiger partial charge in [-0.1, -0.05) is 18.2 Å². The van der Waals surface area contributed by atoms with Crippen LogP contribution in [0.2, 0.25) is 0 Å². The predicted octanol–water partition coefficient (Wildman–Crippen LogP) is 1.16. The molecule has 1 aromatic rings. The van der Waals surface area contributed by atoms with Crippen LogP contribution in [-0.4, -0.2) is 41.5 Å². The molecule has 1 fully saturated rings. The highest BCUT2D eigenvalue weighted by atomic mass is 16.3. The Balaban J connectivity index is 1.98. The van der Waals surface area contributed by atoms with E-state index in [0.717, 1.165) is 18.4 Å². The van der Waals surface area contributed by atoms with Gasteiger partial charge in [0.1, 0.15) is 0 Å². The van der Waals surface area contributed by atoms with E-state index in [-0.39, 0.29) is 12.5 Å². The standard InChI is InChI=1S/C15H20N2O3/c1-11-5-2-3-7-13(11)16-14(19)15(20)17-8-4-6-12(9-17)10-18/h2-3,5,7,12,18H,4,6,8-10H2,1H3,(H,16,19). The summed E-state index contributed by atoms with van der Waals surface area (Å²) in [6.45, 7) is 2.97. The van der Waals surface area contributed by atoms with Crippen LogP contribution in [0.25, 0.3) is 0 Å². The molecule has 2 rings (SSSR count). The number of para-hydroxylation sites is 1. The number of aryl methyl sites for hydroxylation is 1. The van der Waals surface area contributed by atoms with Crippen LogP contribution in [0.4, 0.5) is 5.69 Å². The molecule has 1 heterocycles. The maximum atomic E-state index is 12.1. The van der Waals surface area contributed by atoms with Gasteiger partial charge in [0.15, 0.2) is 0 Å². The van der Waals surface area contributed by atoms with Crippen molar-refractivity contribution in [2.45, 2.75) is 19.8 Å². The summed E-state index contributed by atoms with van der Waals surface area (Å²) in [5, 5.41) is 11.8. The maximum Gasteiger partial charge on any atom is 0.313 e. The predicted molar refractivity (Wildman–Crippen MR) is 76.2 cm³/mol. The summed E-state index contributed by atoms with van der Waals surface area (Å²) in [6.07, 6.45) is 1.73. The summed E-state index contributed by atoms with van der Waals surface area (Å²) < 4.78 is 0. The lowest BCUT2D eigenvalue weighted by molar-refractivity contribution is -0.144. The molecule has 1 aliphatic rings. The van der Waals surface area contributed by atoms with Crippen LogP contribution in [-0.2, 0) is 9.59 Å². The molecule has 108 valence electrons. The van der Waals surface area contributed by atoms with Crippen LogP contribution in [0.1, 0.15) is 18.4 Å². The van der Waals surface area contributed by atoms with Crippen molar-refractivity contribution in [3.63, 3.8) is 0 Å². The number of rotatable bonds is 2. The fourth-order valence-corrected chi connectivity index (χ4v) is 2.43. The minimum absolute atomic E-state index is 0.0587. The molecule has 1 aliphatic heterocycles. The molecule has 0 aromatic heterocycles. The van der Waals surface area contributed by atoms with E-state index in [1.54, 1.807) is 6.07 Å². The van der Waals surface area contributed by atoms with Crippen molar-refractivity contribution in [1.29, 1.82) is 0 Å². The number of nitrogens with one attached hydrogen (secondary N) is 1. The summed E-state index contributed by atoms with van der Waals surface area (Å²) in [6, 6.07) is 7.34. The first-order valence-corrected chi connectivity index (χ1v) is 6.88. The van der Waals surface area contributed by atoms with E-state index in [0.29, 0.717) is 18.8 Å². The number of carbonyl (C=O) groups is 2. The van der Waals surface area contributed by atoms with Crippen LogP contribution >= 0.6 is 0 Å². The molecule has 1 atom stereocenters. The molecular formula is C15H20N2O3. The normalized spacial score (nSPS) is 18.7. The van der Waals surface area contributed by atoms with Gasteiger partial charge >= 0.3 is 11.8 Å². The van der Waals surface area contributed by atoms with Crippen molar-refractivity contribution in [3.05, 3.63) is 29.8 Å². The number of anilines is 1. The SMILES string of the molecule is Cc1ccccc1NC(=O)C(=O)N1CCCC(CO)C1. The molecule has 0 spiro atoms. The monoisotopic (exact) mass is 276 g/mol. The Morgan fingerprint density at radius 2 is 2.15 bits per heavy atom. The molecule has 5 heteroatoms. The minimum atomic E-state index is -0.613. The first-order valence-electron chi connectivity index (χ1n) is 6.88. The van der Waals surface area contributed by atoms with Gasteiger partial charge in [0, 0.05) is 25.4 Å². The van der Waals surface area contributed by atoms with Gasteiger partial charge in [-0.3, -0.25) is 9.59 Å². The van der Waals surface area contributed by atoms with Gasteiger partial charge in [-0.15, -0.1) is 0 Å². The zero-order valence-corrected chi connectivity index (χ0v) is 11.6. The molecular weight excluding hydrogens is 256 g/mol. The number of carbonyl (C=O) groups excluding carboxylic acids is 2. The fourth-order valence-electron chi connectivity index (χ4n) is 2.43. The average Bonchev–Trinajstić information content (AvgIpc) is 2.48. The summed E-state index contributed by atoms with van der Waals surface area (Å²) in [4.78, 5) is 25.6. The van der Waals surface area contributed by atoms with Crippen molar-refractivity contribution >= 4 is 17.5 Å². The first kappa shape index (κ1) is 14.5. The summed E-state index contributed by atoms with van der Waals surface area (Å²) in [5.74, 6) is -1.05. The largest absolute Gasteiger partial charge is 0.396 e. The average molecular weight is 276 g/mol. The third-order valence-electron chi connectivity index (χ3n) is 3.65. The Bertz CT molecular complexity index is 502. The zero-order chi connectivity index (χ0) is 14.5. The van der Waals surface area contributed by atoms with Crippen molar-refractivity contribution in [1.82, 2.24) is 4.90 Å².